The molecule has 0 bridgehead atoms. The van der Waals surface area contributed by atoms with E-state index in [1.54, 1.807) is 0 Å². The van der Waals surface area contributed by atoms with Crippen LogP contribution >= 0.6 is 22.6 Å². The Hall–Kier alpha value is -1.15. The number of carbonyl (C=O) groups is 2. The van der Waals surface area contributed by atoms with Crippen molar-refractivity contribution < 1.29 is 19.1 Å². The average Bonchev–Trinajstić information content (AvgIpc) is 3.02. The van der Waals surface area contributed by atoms with E-state index in [4.69, 9.17) is 9.47 Å². The van der Waals surface area contributed by atoms with Gasteiger partial charge in [-0.2, -0.15) is 0 Å². The lowest BCUT2D eigenvalue weighted by Gasteiger charge is -2.19. The standard InChI is InChI=1S/C15H18INO4/c1-20-15(19)13(8-10-4-2-3-5-12(10)16)17-14(18)11-6-7-21-9-11/h2-5,11,13H,6-9H2,1H3,(H,17,18)/t11-,13+/m0/s1. The average molecular weight is 403 g/mol. The number of ether oxygens (including phenoxy) is 2. The molecule has 1 fully saturated rings. The van der Waals surface area contributed by atoms with Gasteiger partial charge in [-0.3, -0.25) is 4.79 Å². The number of methoxy groups -OCH3 is 1. The Balaban J connectivity index is 2.06. The Bertz CT molecular complexity index is 514. The summed E-state index contributed by atoms with van der Waals surface area (Å²) in [6.07, 6.45) is 1.12. The lowest BCUT2D eigenvalue weighted by atomic mass is 10.0. The number of carbonyl (C=O) groups excluding carboxylic acids is 2. The van der Waals surface area contributed by atoms with Crippen molar-refractivity contribution >= 4 is 34.5 Å². The molecule has 21 heavy (non-hydrogen) atoms. The minimum atomic E-state index is -0.668. The van der Waals surface area contributed by atoms with E-state index in [2.05, 4.69) is 27.9 Å². The summed E-state index contributed by atoms with van der Waals surface area (Å²) in [6.45, 7) is 1.01. The minimum absolute atomic E-state index is 0.145. The first-order valence-corrected chi connectivity index (χ1v) is 7.89. The topological polar surface area (TPSA) is 64.6 Å². The second-order valence-corrected chi connectivity index (χ2v) is 6.10. The molecule has 1 aromatic carbocycles. The van der Waals surface area contributed by atoms with Crippen molar-refractivity contribution in [3.63, 3.8) is 0 Å². The van der Waals surface area contributed by atoms with Crippen molar-refractivity contribution in [2.75, 3.05) is 20.3 Å². The Labute approximate surface area is 137 Å². The van der Waals surface area contributed by atoms with Gasteiger partial charge < -0.3 is 14.8 Å². The first-order valence-electron chi connectivity index (χ1n) is 6.81. The maximum absolute atomic E-state index is 12.2. The molecule has 1 heterocycles. The predicted octanol–water partition coefficient (Wildman–Crippen LogP) is 1.53. The lowest BCUT2D eigenvalue weighted by molar-refractivity contribution is -0.145. The third kappa shape index (κ3) is 4.41. The maximum Gasteiger partial charge on any atom is 0.328 e. The van der Waals surface area contributed by atoms with Gasteiger partial charge in [-0.05, 0) is 40.6 Å². The number of halogens is 1. The SMILES string of the molecule is COC(=O)[C@@H](Cc1ccccc1I)NC(=O)[C@H]1CCOC1. The highest BCUT2D eigenvalue weighted by Gasteiger charge is 2.29. The maximum atomic E-state index is 12.2. The summed E-state index contributed by atoms with van der Waals surface area (Å²) in [5.74, 6) is -0.747. The van der Waals surface area contributed by atoms with E-state index < -0.39 is 12.0 Å². The molecule has 1 aliphatic heterocycles. The number of amides is 1. The summed E-state index contributed by atoms with van der Waals surface area (Å²) < 4.78 is 11.1. The largest absolute Gasteiger partial charge is 0.467 e. The Kier molecular flexibility index (Phi) is 5.98. The van der Waals surface area contributed by atoms with Gasteiger partial charge in [-0.25, -0.2) is 4.79 Å². The zero-order chi connectivity index (χ0) is 15.2. The van der Waals surface area contributed by atoms with Gasteiger partial charge in [0.05, 0.1) is 19.6 Å². The van der Waals surface area contributed by atoms with E-state index in [0.717, 1.165) is 9.13 Å². The molecule has 0 radical (unpaired) electrons. The van der Waals surface area contributed by atoms with Gasteiger partial charge in [-0.1, -0.05) is 18.2 Å². The Morgan fingerprint density at radius 3 is 2.86 bits per heavy atom. The molecular formula is C15H18INO4. The summed E-state index contributed by atoms with van der Waals surface area (Å²) >= 11 is 2.22. The van der Waals surface area contributed by atoms with E-state index >= 15 is 0 Å². The molecule has 0 aliphatic carbocycles. The first kappa shape index (κ1) is 16.2. The second-order valence-electron chi connectivity index (χ2n) is 4.94. The van der Waals surface area contributed by atoms with Gasteiger partial charge in [0.1, 0.15) is 6.04 Å². The monoisotopic (exact) mass is 403 g/mol. The second kappa shape index (κ2) is 7.74. The normalized spacial score (nSPS) is 19.0. The van der Waals surface area contributed by atoms with Crippen LogP contribution < -0.4 is 5.32 Å². The van der Waals surface area contributed by atoms with Gasteiger partial charge >= 0.3 is 5.97 Å². The zero-order valence-corrected chi connectivity index (χ0v) is 14.0. The van der Waals surface area contributed by atoms with E-state index in [-0.39, 0.29) is 11.8 Å². The van der Waals surface area contributed by atoms with Gasteiger partial charge in [0.25, 0.3) is 0 Å². The molecule has 1 saturated heterocycles. The summed E-state index contributed by atoms with van der Waals surface area (Å²) in [4.78, 5) is 24.1. The predicted molar refractivity (Wildman–Crippen MR) is 85.7 cm³/mol. The molecular weight excluding hydrogens is 385 g/mol. The van der Waals surface area contributed by atoms with Crippen molar-refractivity contribution in [2.45, 2.75) is 18.9 Å². The molecule has 1 aromatic rings. The molecule has 5 nitrogen and oxygen atoms in total. The quantitative estimate of drug-likeness (QED) is 0.599. The van der Waals surface area contributed by atoms with E-state index in [1.807, 2.05) is 24.3 Å². The molecule has 1 N–H and O–H groups in total. The number of esters is 1. The van der Waals surface area contributed by atoms with Crippen molar-refractivity contribution in [1.29, 1.82) is 0 Å². The Morgan fingerprint density at radius 1 is 1.48 bits per heavy atom. The molecule has 0 saturated carbocycles. The smallest absolute Gasteiger partial charge is 0.328 e. The van der Waals surface area contributed by atoms with Crippen LogP contribution in [0.4, 0.5) is 0 Å². The van der Waals surface area contributed by atoms with Gasteiger partial charge in [0.2, 0.25) is 5.91 Å². The third-order valence-electron chi connectivity index (χ3n) is 3.48. The van der Waals surface area contributed by atoms with Crippen molar-refractivity contribution in [2.24, 2.45) is 5.92 Å². The molecule has 114 valence electrons. The van der Waals surface area contributed by atoms with Gasteiger partial charge in [0, 0.05) is 16.6 Å². The number of benzene rings is 1. The van der Waals surface area contributed by atoms with Crippen LogP contribution in [0, 0.1) is 9.49 Å². The van der Waals surface area contributed by atoms with Crippen LogP contribution in [0.25, 0.3) is 0 Å². The highest BCUT2D eigenvalue weighted by Crippen LogP contribution is 2.16. The fraction of sp³-hybridized carbons (Fsp3) is 0.467. The molecule has 2 rings (SSSR count). The van der Waals surface area contributed by atoms with Crippen LogP contribution in [0.3, 0.4) is 0 Å². The fourth-order valence-corrected chi connectivity index (χ4v) is 2.86. The summed E-state index contributed by atoms with van der Waals surface area (Å²) in [6, 6.07) is 7.10. The third-order valence-corrected chi connectivity index (χ3v) is 4.54. The minimum Gasteiger partial charge on any atom is -0.467 e. The van der Waals surface area contributed by atoms with Crippen LogP contribution in [0.5, 0.6) is 0 Å². The summed E-state index contributed by atoms with van der Waals surface area (Å²) in [7, 11) is 1.33. The summed E-state index contributed by atoms with van der Waals surface area (Å²) in [5.41, 5.74) is 1.01. The molecule has 6 heteroatoms. The van der Waals surface area contributed by atoms with Crippen LogP contribution in [0.2, 0.25) is 0 Å². The Morgan fingerprint density at radius 2 is 2.24 bits per heavy atom. The highest BCUT2D eigenvalue weighted by molar-refractivity contribution is 14.1. The summed E-state index contributed by atoms with van der Waals surface area (Å²) in [5, 5.41) is 2.79. The van der Waals surface area contributed by atoms with E-state index in [0.29, 0.717) is 26.1 Å². The zero-order valence-electron chi connectivity index (χ0n) is 11.8. The molecule has 1 amide bonds. The van der Waals surface area contributed by atoms with Crippen LogP contribution in [-0.2, 0) is 25.5 Å². The van der Waals surface area contributed by atoms with Crippen molar-refractivity contribution in [3.8, 4) is 0 Å². The van der Waals surface area contributed by atoms with Crippen molar-refractivity contribution in [1.82, 2.24) is 5.32 Å². The molecule has 0 aromatic heterocycles. The van der Waals surface area contributed by atoms with Crippen molar-refractivity contribution in [3.05, 3.63) is 33.4 Å². The fourth-order valence-electron chi connectivity index (χ4n) is 2.25. The molecule has 1 aliphatic rings. The number of rotatable bonds is 5. The van der Waals surface area contributed by atoms with Gasteiger partial charge in [0.15, 0.2) is 0 Å². The van der Waals surface area contributed by atoms with Gasteiger partial charge in [-0.15, -0.1) is 0 Å². The lowest BCUT2D eigenvalue weighted by Crippen LogP contribution is -2.45. The van der Waals surface area contributed by atoms with E-state index in [1.165, 1.54) is 7.11 Å². The number of hydrogen-bond donors (Lipinski definition) is 1. The van der Waals surface area contributed by atoms with Crippen LogP contribution in [0.15, 0.2) is 24.3 Å². The van der Waals surface area contributed by atoms with Crippen LogP contribution in [0.1, 0.15) is 12.0 Å². The highest BCUT2D eigenvalue weighted by atomic mass is 127. The number of hydrogen-bond acceptors (Lipinski definition) is 4. The van der Waals surface area contributed by atoms with Crippen LogP contribution in [-0.4, -0.2) is 38.2 Å². The molecule has 2 atom stereocenters. The number of nitrogens with one attached hydrogen (secondary N) is 1. The van der Waals surface area contributed by atoms with E-state index in [9.17, 15) is 9.59 Å². The molecule has 0 spiro atoms. The molecule has 0 unspecified atom stereocenters. The first-order chi connectivity index (χ1) is 10.1.